The molecule has 0 fully saturated rings. The van der Waals surface area contributed by atoms with E-state index in [0.717, 1.165) is 32.2 Å². The number of hydrogen-bond acceptors (Lipinski definition) is 2. The maximum atomic E-state index is 11.3. The predicted molar refractivity (Wildman–Crippen MR) is 59.2 cm³/mol. The standard InChI is InChI=1S/C10H23N3O/c1-3-5-8-12-10(14)13-9(4-2)6-7-11/h9H,3-8,11H2,1-2H3,(H2,12,13,14). The lowest BCUT2D eigenvalue weighted by Crippen LogP contribution is -2.42. The quantitative estimate of drug-likeness (QED) is 0.542. The smallest absolute Gasteiger partial charge is 0.315 e. The molecule has 0 rings (SSSR count). The molecule has 0 aromatic rings. The highest BCUT2D eigenvalue weighted by Gasteiger charge is 2.07. The lowest BCUT2D eigenvalue weighted by atomic mass is 10.1. The van der Waals surface area contributed by atoms with Crippen LogP contribution in [0.2, 0.25) is 0 Å². The summed E-state index contributed by atoms with van der Waals surface area (Å²) in [6.07, 6.45) is 3.90. The summed E-state index contributed by atoms with van der Waals surface area (Å²) < 4.78 is 0. The molecular weight excluding hydrogens is 178 g/mol. The molecule has 0 aliphatic rings. The van der Waals surface area contributed by atoms with Crippen LogP contribution in [-0.2, 0) is 0 Å². The van der Waals surface area contributed by atoms with E-state index in [1.54, 1.807) is 0 Å². The first-order valence-corrected chi connectivity index (χ1v) is 5.49. The van der Waals surface area contributed by atoms with Gasteiger partial charge in [0.25, 0.3) is 0 Å². The van der Waals surface area contributed by atoms with E-state index < -0.39 is 0 Å². The Morgan fingerprint density at radius 3 is 2.64 bits per heavy atom. The first-order valence-electron chi connectivity index (χ1n) is 5.49. The summed E-state index contributed by atoms with van der Waals surface area (Å²) in [5.41, 5.74) is 5.43. The minimum absolute atomic E-state index is 0.0706. The van der Waals surface area contributed by atoms with Crippen molar-refractivity contribution >= 4 is 6.03 Å². The van der Waals surface area contributed by atoms with Gasteiger partial charge in [-0.1, -0.05) is 20.3 Å². The lowest BCUT2D eigenvalue weighted by Gasteiger charge is -2.16. The molecule has 84 valence electrons. The topological polar surface area (TPSA) is 67.2 Å². The van der Waals surface area contributed by atoms with Crippen LogP contribution in [-0.4, -0.2) is 25.2 Å². The highest BCUT2D eigenvalue weighted by Crippen LogP contribution is 1.95. The molecule has 0 spiro atoms. The Balaban J connectivity index is 3.56. The number of nitrogens with two attached hydrogens (primary N) is 1. The van der Waals surface area contributed by atoms with Crippen molar-refractivity contribution < 1.29 is 4.79 Å². The summed E-state index contributed by atoms with van der Waals surface area (Å²) in [7, 11) is 0. The third kappa shape index (κ3) is 6.71. The molecule has 1 atom stereocenters. The molecule has 1 unspecified atom stereocenters. The monoisotopic (exact) mass is 201 g/mol. The van der Waals surface area contributed by atoms with Crippen molar-refractivity contribution in [2.45, 2.75) is 45.6 Å². The molecule has 0 saturated heterocycles. The van der Waals surface area contributed by atoms with Crippen molar-refractivity contribution in [3.05, 3.63) is 0 Å². The van der Waals surface area contributed by atoms with Crippen LogP contribution >= 0.6 is 0 Å². The molecule has 0 aromatic carbocycles. The average Bonchev–Trinajstić information content (AvgIpc) is 2.17. The zero-order valence-electron chi connectivity index (χ0n) is 9.31. The van der Waals surface area contributed by atoms with E-state index in [1.165, 1.54) is 0 Å². The number of urea groups is 1. The van der Waals surface area contributed by atoms with E-state index >= 15 is 0 Å². The molecule has 0 saturated carbocycles. The Kier molecular flexibility index (Phi) is 8.33. The summed E-state index contributed by atoms with van der Waals surface area (Å²) >= 11 is 0. The fourth-order valence-electron chi connectivity index (χ4n) is 1.19. The minimum atomic E-state index is -0.0706. The van der Waals surface area contributed by atoms with Crippen molar-refractivity contribution in [2.75, 3.05) is 13.1 Å². The average molecular weight is 201 g/mol. The third-order valence-electron chi connectivity index (χ3n) is 2.16. The summed E-state index contributed by atoms with van der Waals surface area (Å²) in [5, 5.41) is 5.71. The SMILES string of the molecule is CCCCNC(=O)NC(CC)CCN. The van der Waals surface area contributed by atoms with Crippen LogP contribution in [0.4, 0.5) is 4.79 Å². The van der Waals surface area contributed by atoms with Gasteiger partial charge in [0, 0.05) is 12.6 Å². The van der Waals surface area contributed by atoms with Gasteiger partial charge in [-0.15, -0.1) is 0 Å². The number of amides is 2. The van der Waals surface area contributed by atoms with E-state index in [2.05, 4.69) is 17.6 Å². The highest BCUT2D eigenvalue weighted by molar-refractivity contribution is 5.74. The second-order valence-electron chi connectivity index (χ2n) is 3.44. The fourth-order valence-corrected chi connectivity index (χ4v) is 1.19. The van der Waals surface area contributed by atoms with Gasteiger partial charge in [0.1, 0.15) is 0 Å². The first-order chi connectivity index (χ1) is 6.74. The molecule has 0 aromatic heterocycles. The van der Waals surface area contributed by atoms with Crippen molar-refractivity contribution in [3.8, 4) is 0 Å². The molecule has 0 aliphatic heterocycles. The molecule has 4 heteroatoms. The number of hydrogen-bond donors (Lipinski definition) is 3. The number of nitrogens with one attached hydrogen (secondary N) is 2. The second-order valence-corrected chi connectivity index (χ2v) is 3.44. The normalized spacial score (nSPS) is 12.2. The number of unbranched alkanes of at least 4 members (excludes halogenated alkanes) is 1. The first kappa shape index (κ1) is 13.2. The van der Waals surface area contributed by atoms with Crippen LogP contribution in [0.25, 0.3) is 0 Å². The Labute approximate surface area is 86.6 Å². The van der Waals surface area contributed by atoms with Gasteiger partial charge in [-0.25, -0.2) is 4.79 Å². The van der Waals surface area contributed by atoms with E-state index in [-0.39, 0.29) is 12.1 Å². The van der Waals surface area contributed by atoms with Crippen LogP contribution < -0.4 is 16.4 Å². The molecule has 4 N–H and O–H groups in total. The van der Waals surface area contributed by atoms with Gasteiger partial charge in [0.05, 0.1) is 0 Å². The number of carbonyl (C=O) groups is 1. The molecule has 2 amide bonds. The molecule has 0 aliphatic carbocycles. The third-order valence-corrected chi connectivity index (χ3v) is 2.16. The van der Waals surface area contributed by atoms with Gasteiger partial charge in [-0.05, 0) is 25.8 Å². The number of carbonyl (C=O) groups excluding carboxylic acids is 1. The molecule has 14 heavy (non-hydrogen) atoms. The van der Waals surface area contributed by atoms with Gasteiger partial charge in [-0.2, -0.15) is 0 Å². The lowest BCUT2D eigenvalue weighted by molar-refractivity contribution is 0.236. The van der Waals surface area contributed by atoms with Crippen molar-refractivity contribution in [2.24, 2.45) is 5.73 Å². The molecular formula is C10H23N3O. The minimum Gasteiger partial charge on any atom is -0.338 e. The Morgan fingerprint density at radius 2 is 2.14 bits per heavy atom. The Morgan fingerprint density at radius 1 is 1.43 bits per heavy atom. The molecule has 4 nitrogen and oxygen atoms in total. The summed E-state index contributed by atoms with van der Waals surface area (Å²) in [6, 6.07) is 0.139. The van der Waals surface area contributed by atoms with Crippen LogP contribution in [0, 0.1) is 0 Å². The Bertz CT molecular complexity index is 150. The maximum absolute atomic E-state index is 11.3. The van der Waals surface area contributed by atoms with E-state index in [0.29, 0.717) is 6.54 Å². The summed E-state index contributed by atoms with van der Waals surface area (Å²) in [4.78, 5) is 11.3. The summed E-state index contributed by atoms with van der Waals surface area (Å²) in [6.45, 7) is 5.52. The van der Waals surface area contributed by atoms with Crippen LogP contribution in [0.5, 0.6) is 0 Å². The van der Waals surface area contributed by atoms with Gasteiger partial charge < -0.3 is 16.4 Å². The fraction of sp³-hybridized carbons (Fsp3) is 0.900. The van der Waals surface area contributed by atoms with E-state index in [1.807, 2.05) is 6.92 Å². The highest BCUT2D eigenvalue weighted by atomic mass is 16.2. The van der Waals surface area contributed by atoms with Gasteiger partial charge in [0.15, 0.2) is 0 Å². The van der Waals surface area contributed by atoms with Crippen molar-refractivity contribution in [3.63, 3.8) is 0 Å². The Hall–Kier alpha value is -0.770. The van der Waals surface area contributed by atoms with E-state index in [4.69, 9.17) is 5.73 Å². The van der Waals surface area contributed by atoms with Crippen molar-refractivity contribution in [1.82, 2.24) is 10.6 Å². The zero-order chi connectivity index (χ0) is 10.8. The zero-order valence-corrected chi connectivity index (χ0v) is 9.31. The largest absolute Gasteiger partial charge is 0.338 e. The molecule has 0 radical (unpaired) electrons. The summed E-state index contributed by atoms with van der Waals surface area (Å²) in [5.74, 6) is 0. The maximum Gasteiger partial charge on any atom is 0.315 e. The molecule has 0 heterocycles. The van der Waals surface area contributed by atoms with Crippen LogP contribution in [0.1, 0.15) is 39.5 Å². The predicted octanol–water partition coefficient (Wildman–Crippen LogP) is 1.21. The van der Waals surface area contributed by atoms with E-state index in [9.17, 15) is 4.79 Å². The second kappa shape index (κ2) is 8.81. The van der Waals surface area contributed by atoms with Gasteiger partial charge in [-0.3, -0.25) is 0 Å². The van der Waals surface area contributed by atoms with Gasteiger partial charge in [0.2, 0.25) is 0 Å². The van der Waals surface area contributed by atoms with Gasteiger partial charge >= 0.3 is 6.03 Å². The number of rotatable bonds is 7. The van der Waals surface area contributed by atoms with Crippen molar-refractivity contribution in [1.29, 1.82) is 0 Å². The van der Waals surface area contributed by atoms with Crippen LogP contribution in [0.15, 0.2) is 0 Å². The van der Waals surface area contributed by atoms with Crippen LogP contribution in [0.3, 0.4) is 0 Å². The molecule has 0 bridgehead atoms.